The van der Waals surface area contributed by atoms with Crippen LogP contribution in [0.1, 0.15) is 51.3 Å². The fourth-order valence-corrected chi connectivity index (χ4v) is 5.99. The number of benzene rings is 2. The van der Waals surface area contributed by atoms with E-state index in [-0.39, 0.29) is 53.1 Å². The van der Waals surface area contributed by atoms with Gasteiger partial charge in [-0.2, -0.15) is 8.78 Å². The molecule has 0 unspecified atom stereocenters. The molecule has 206 valence electrons. The molecule has 0 radical (unpaired) electrons. The number of likely N-dealkylation sites (tertiary alicyclic amines) is 1. The molecule has 1 aliphatic carbocycles. The number of rotatable bonds is 7. The molecule has 1 saturated heterocycles. The van der Waals surface area contributed by atoms with Crippen LogP contribution in [0.2, 0.25) is 0 Å². The Morgan fingerprint density at radius 1 is 1.15 bits per heavy atom. The summed E-state index contributed by atoms with van der Waals surface area (Å²) in [6, 6.07) is 10.7. The lowest BCUT2D eigenvalue weighted by Gasteiger charge is -2.25. The second kappa shape index (κ2) is 10.3. The number of carbonyl (C=O) groups is 3. The lowest BCUT2D eigenvalue weighted by atomic mass is 10.0. The molecule has 0 spiro atoms. The van der Waals surface area contributed by atoms with Crippen LogP contribution in [0.15, 0.2) is 66.1 Å². The number of carbonyl (C=O) groups excluding carboxylic acids is 3. The van der Waals surface area contributed by atoms with Crippen molar-refractivity contribution in [2.45, 2.75) is 31.4 Å². The highest BCUT2D eigenvalue weighted by molar-refractivity contribution is 7.10. The van der Waals surface area contributed by atoms with Gasteiger partial charge in [0, 0.05) is 39.1 Å². The van der Waals surface area contributed by atoms with E-state index >= 15 is 0 Å². The Bertz CT molecular complexity index is 1570. The number of hydrogen-bond donors (Lipinski definition) is 4. The molecule has 1 aliphatic heterocycles. The van der Waals surface area contributed by atoms with Crippen LogP contribution >= 0.6 is 11.3 Å². The number of thiophene rings is 1. The van der Waals surface area contributed by atoms with Gasteiger partial charge in [-0.15, -0.1) is 11.3 Å². The van der Waals surface area contributed by atoms with Gasteiger partial charge in [0.2, 0.25) is 11.8 Å². The Morgan fingerprint density at radius 2 is 1.88 bits per heavy atom. The first kappa shape index (κ1) is 27.2. The van der Waals surface area contributed by atoms with E-state index in [4.69, 9.17) is 11.1 Å². The Hall–Kier alpha value is -4.38. The standard InChI is InChI=1S/C29H27F2N5O3S/c1-15-9-23(28(39)35-16(2)24-11-18(14-40-24)26(32)33)36(13-15)25(37)12-34-27(38)17-7-8-22-20(10-17)19-5-3-4-6-21(19)29(22,30)31/h3-8,10-11,14,16,23H,1,9,12-13H2,2H3,(H3,32,33)(H,34,38)(H,35,39)/t16-,23+/m1/s1. The van der Waals surface area contributed by atoms with Crippen molar-refractivity contribution >= 4 is 34.9 Å². The Balaban J connectivity index is 1.24. The van der Waals surface area contributed by atoms with Crippen LogP contribution in [0.4, 0.5) is 8.78 Å². The maximum Gasteiger partial charge on any atom is 0.299 e. The summed E-state index contributed by atoms with van der Waals surface area (Å²) < 4.78 is 29.7. The number of nitrogens with zero attached hydrogens (tertiary/aromatic N) is 1. The van der Waals surface area contributed by atoms with Crippen molar-refractivity contribution in [2.75, 3.05) is 13.1 Å². The summed E-state index contributed by atoms with van der Waals surface area (Å²) in [5, 5.41) is 14.7. The van der Waals surface area contributed by atoms with Crippen molar-refractivity contribution in [1.82, 2.24) is 15.5 Å². The molecule has 3 aromatic rings. The zero-order chi connectivity index (χ0) is 28.8. The summed E-state index contributed by atoms with van der Waals surface area (Å²) in [6.45, 7) is 5.54. The number of nitrogen functional groups attached to an aromatic ring is 1. The maximum absolute atomic E-state index is 14.8. The predicted molar refractivity (Wildman–Crippen MR) is 148 cm³/mol. The van der Waals surface area contributed by atoms with Gasteiger partial charge in [0.1, 0.15) is 11.9 Å². The van der Waals surface area contributed by atoms with Crippen molar-refractivity contribution in [3.63, 3.8) is 0 Å². The van der Waals surface area contributed by atoms with Gasteiger partial charge in [0.15, 0.2) is 0 Å². The van der Waals surface area contributed by atoms with Gasteiger partial charge in [0.25, 0.3) is 11.8 Å². The molecule has 2 atom stereocenters. The number of hydrogen-bond acceptors (Lipinski definition) is 5. The van der Waals surface area contributed by atoms with E-state index in [2.05, 4.69) is 17.2 Å². The molecule has 1 aromatic heterocycles. The minimum atomic E-state index is -3.15. The largest absolute Gasteiger partial charge is 0.384 e. The Labute approximate surface area is 233 Å². The summed E-state index contributed by atoms with van der Waals surface area (Å²) in [5.74, 6) is -4.62. The van der Waals surface area contributed by atoms with Gasteiger partial charge in [-0.05, 0) is 42.7 Å². The van der Waals surface area contributed by atoms with Gasteiger partial charge < -0.3 is 21.3 Å². The molecule has 2 heterocycles. The lowest BCUT2D eigenvalue weighted by Crippen LogP contribution is -2.49. The normalized spacial score (nSPS) is 17.6. The zero-order valence-corrected chi connectivity index (χ0v) is 22.4. The minimum Gasteiger partial charge on any atom is -0.384 e. The van der Waals surface area contributed by atoms with Crippen LogP contribution in [-0.4, -0.2) is 47.6 Å². The third-order valence-electron chi connectivity index (χ3n) is 7.17. The topological polar surface area (TPSA) is 128 Å². The average molecular weight is 564 g/mol. The van der Waals surface area contributed by atoms with E-state index in [1.165, 1.54) is 40.5 Å². The molecule has 5 rings (SSSR count). The monoisotopic (exact) mass is 563 g/mol. The first-order chi connectivity index (χ1) is 19.0. The fourth-order valence-electron chi connectivity index (χ4n) is 5.08. The summed E-state index contributed by atoms with van der Waals surface area (Å²) in [6.07, 6.45) is 0.291. The van der Waals surface area contributed by atoms with E-state index < -0.39 is 23.8 Å². The maximum atomic E-state index is 14.8. The number of alkyl halides is 2. The van der Waals surface area contributed by atoms with Gasteiger partial charge in [-0.1, -0.05) is 42.5 Å². The van der Waals surface area contributed by atoms with Crippen LogP contribution in [0, 0.1) is 5.41 Å². The van der Waals surface area contributed by atoms with Gasteiger partial charge in [-0.3, -0.25) is 19.8 Å². The molecule has 1 fully saturated rings. The second-order valence-corrected chi connectivity index (χ2v) is 10.9. The van der Waals surface area contributed by atoms with Crippen LogP contribution in [-0.2, 0) is 15.5 Å². The summed E-state index contributed by atoms with van der Waals surface area (Å²) >= 11 is 1.37. The van der Waals surface area contributed by atoms with Crippen molar-refractivity contribution in [3.05, 3.63) is 93.2 Å². The van der Waals surface area contributed by atoms with E-state index in [9.17, 15) is 23.2 Å². The van der Waals surface area contributed by atoms with Crippen LogP contribution in [0.25, 0.3) is 11.1 Å². The number of amides is 3. The highest BCUT2D eigenvalue weighted by Gasteiger charge is 2.44. The summed E-state index contributed by atoms with van der Waals surface area (Å²) in [4.78, 5) is 41.2. The molecule has 40 heavy (non-hydrogen) atoms. The molecule has 5 N–H and O–H groups in total. The van der Waals surface area contributed by atoms with E-state index in [1.54, 1.807) is 36.6 Å². The molecule has 11 heteroatoms. The minimum absolute atomic E-state index is 0.0606. The quantitative estimate of drug-likeness (QED) is 0.197. The first-order valence-corrected chi connectivity index (χ1v) is 13.4. The fraction of sp³-hybridized carbons (Fsp3) is 0.241. The van der Waals surface area contributed by atoms with Gasteiger partial charge in [0.05, 0.1) is 12.6 Å². The molecule has 0 bridgehead atoms. The average Bonchev–Trinajstić information content (AvgIpc) is 3.63. The smallest absolute Gasteiger partial charge is 0.299 e. The second-order valence-electron chi connectivity index (χ2n) is 9.94. The Morgan fingerprint density at radius 3 is 2.60 bits per heavy atom. The highest BCUT2D eigenvalue weighted by atomic mass is 32.1. The molecular formula is C29H27F2N5O3S. The predicted octanol–water partition coefficient (Wildman–Crippen LogP) is 3.92. The third kappa shape index (κ3) is 4.88. The van der Waals surface area contributed by atoms with Crippen LogP contribution < -0.4 is 16.4 Å². The van der Waals surface area contributed by atoms with Crippen molar-refractivity contribution < 1.29 is 23.2 Å². The van der Waals surface area contributed by atoms with Gasteiger partial charge in [-0.25, -0.2) is 0 Å². The number of fused-ring (bicyclic) bond motifs is 3. The number of nitrogens with two attached hydrogens (primary N) is 1. The molecule has 8 nitrogen and oxygen atoms in total. The molecule has 3 amide bonds. The highest BCUT2D eigenvalue weighted by Crippen LogP contribution is 2.50. The van der Waals surface area contributed by atoms with Crippen LogP contribution in [0.5, 0.6) is 0 Å². The van der Waals surface area contributed by atoms with E-state index in [0.29, 0.717) is 23.1 Å². The number of halogens is 2. The number of nitrogens with one attached hydrogen (secondary N) is 3. The zero-order valence-electron chi connectivity index (χ0n) is 21.6. The first-order valence-electron chi connectivity index (χ1n) is 12.6. The van der Waals surface area contributed by atoms with Crippen molar-refractivity contribution in [3.8, 4) is 11.1 Å². The molecule has 0 saturated carbocycles. The van der Waals surface area contributed by atoms with Gasteiger partial charge >= 0.3 is 0 Å². The Kier molecular flexibility index (Phi) is 7.01. The number of amidine groups is 1. The third-order valence-corrected chi connectivity index (χ3v) is 8.28. The van der Waals surface area contributed by atoms with Crippen molar-refractivity contribution in [2.24, 2.45) is 5.73 Å². The SMILES string of the molecule is C=C1C[C@@H](C(=O)N[C@H](C)c2cc(C(=N)N)cs2)N(C(=O)CNC(=O)c2ccc3c(c2)-c2ccccc2C3(F)F)C1. The van der Waals surface area contributed by atoms with E-state index in [0.717, 1.165) is 4.88 Å². The molecule has 2 aliphatic rings. The van der Waals surface area contributed by atoms with Crippen LogP contribution in [0.3, 0.4) is 0 Å². The van der Waals surface area contributed by atoms with E-state index in [1.807, 2.05) is 0 Å². The molecular weight excluding hydrogens is 536 g/mol. The summed E-state index contributed by atoms with van der Waals surface area (Å²) in [5.41, 5.74) is 7.33. The molecule has 2 aromatic carbocycles. The lowest BCUT2D eigenvalue weighted by molar-refractivity contribution is -0.137. The van der Waals surface area contributed by atoms with Crippen molar-refractivity contribution in [1.29, 1.82) is 5.41 Å². The summed E-state index contributed by atoms with van der Waals surface area (Å²) in [7, 11) is 0.